The molecule has 2 aromatic rings. The minimum absolute atomic E-state index is 0.0471. The first-order valence-electron chi connectivity index (χ1n) is 7.72. The van der Waals surface area contributed by atoms with Gasteiger partial charge in [0.1, 0.15) is 0 Å². The third-order valence-corrected chi connectivity index (χ3v) is 4.69. The minimum Gasteiger partial charge on any atom is -0.375 e. The molecule has 130 valence electrons. The second-order valence-corrected chi connectivity index (χ2v) is 6.74. The number of nitrogens with two attached hydrogens (primary N) is 1. The number of carbonyl (C=O) groups is 1. The van der Waals surface area contributed by atoms with Crippen LogP contribution in [0.15, 0.2) is 11.2 Å². The molecule has 0 spiro atoms. The molecular weight excluding hydrogens is 330 g/mol. The summed E-state index contributed by atoms with van der Waals surface area (Å²) in [6.45, 7) is 7.60. The Kier molecular flexibility index (Phi) is 4.76. The van der Waals surface area contributed by atoms with E-state index in [-0.39, 0.29) is 17.8 Å². The van der Waals surface area contributed by atoms with Crippen LogP contribution in [0.2, 0.25) is 0 Å². The molecule has 1 fully saturated rings. The monoisotopic (exact) mass is 351 g/mol. The second-order valence-electron chi connectivity index (χ2n) is 5.80. The quantitative estimate of drug-likeness (QED) is 0.617. The van der Waals surface area contributed by atoms with Gasteiger partial charge >= 0.3 is 0 Å². The zero-order valence-corrected chi connectivity index (χ0v) is 14.8. The molecule has 3 heterocycles. The van der Waals surface area contributed by atoms with Crippen LogP contribution in [0.4, 0.5) is 0 Å². The van der Waals surface area contributed by atoms with Gasteiger partial charge in [0.15, 0.2) is 0 Å². The SMILES string of the molecule is Cc1cc(C)n(-c2nnc(SCC(=O)N3CCOC(C)C3)n2N)n1. The Labute approximate surface area is 144 Å². The maximum Gasteiger partial charge on any atom is 0.271 e. The molecule has 0 saturated carbocycles. The highest BCUT2D eigenvalue weighted by Crippen LogP contribution is 2.18. The molecule has 2 N–H and O–H groups in total. The van der Waals surface area contributed by atoms with E-state index in [1.54, 1.807) is 9.58 Å². The fraction of sp³-hybridized carbons (Fsp3) is 0.571. The summed E-state index contributed by atoms with van der Waals surface area (Å²) in [7, 11) is 0. The molecule has 1 unspecified atom stereocenters. The van der Waals surface area contributed by atoms with E-state index < -0.39 is 0 Å². The summed E-state index contributed by atoms with van der Waals surface area (Å²) in [5.41, 5.74) is 1.79. The van der Waals surface area contributed by atoms with Crippen molar-refractivity contribution in [2.45, 2.75) is 32.0 Å². The van der Waals surface area contributed by atoms with E-state index in [0.29, 0.717) is 30.8 Å². The lowest BCUT2D eigenvalue weighted by molar-refractivity contribution is -0.135. The van der Waals surface area contributed by atoms with Crippen LogP contribution in [0.5, 0.6) is 0 Å². The standard InChI is InChI=1S/C14H21N7O2S/c1-9-6-10(2)21(18-9)13-16-17-14(20(13)15)24-8-12(22)19-4-5-23-11(3)7-19/h6,11H,4-5,7-8,15H2,1-3H3. The molecule has 1 atom stereocenters. The lowest BCUT2D eigenvalue weighted by Crippen LogP contribution is -2.45. The van der Waals surface area contributed by atoms with Crippen molar-refractivity contribution in [1.29, 1.82) is 0 Å². The lowest BCUT2D eigenvalue weighted by atomic mass is 10.3. The molecule has 24 heavy (non-hydrogen) atoms. The van der Waals surface area contributed by atoms with Crippen LogP contribution in [-0.2, 0) is 9.53 Å². The highest BCUT2D eigenvalue weighted by atomic mass is 32.2. The van der Waals surface area contributed by atoms with Gasteiger partial charge in [-0.3, -0.25) is 4.79 Å². The number of morpholine rings is 1. The number of ether oxygens (including phenoxy) is 1. The number of hydrogen-bond donors (Lipinski definition) is 1. The highest BCUT2D eigenvalue weighted by Gasteiger charge is 2.22. The first kappa shape index (κ1) is 16.8. The molecule has 0 aromatic carbocycles. The maximum atomic E-state index is 12.3. The number of aryl methyl sites for hydroxylation is 2. The molecule has 0 aliphatic carbocycles. The fourth-order valence-corrected chi connectivity index (χ4v) is 3.36. The van der Waals surface area contributed by atoms with Crippen LogP contribution in [0.25, 0.3) is 5.95 Å². The summed E-state index contributed by atoms with van der Waals surface area (Å²) in [5.74, 6) is 6.80. The predicted molar refractivity (Wildman–Crippen MR) is 89.5 cm³/mol. The van der Waals surface area contributed by atoms with E-state index in [9.17, 15) is 4.79 Å². The number of aromatic nitrogens is 5. The molecule has 2 aromatic heterocycles. The van der Waals surface area contributed by atoms with E-state index in [0.717, 1.165) is 11.4 Å². The van der Waals surface area contributed by atoms with Crippen LogP contribution in [0, 0.1) is 13.8 Å². The van der Waals surface area contributed by atoms with Crippen molar-refractivity contribution in [3.05, 3.63) is 17.5 Å². The maximum absolute atomic E-state index is 12.3. The number of thioether (sulfide) groups is 1. The van der Waals surface area contributed by atoms with Gasteiger partial charge in [0.25, 0.3) is 5.95 Å². The Morgan fingerprint density at radius 1 is 1.46 bits per heavy atom. The second kappa shape index (κ2) is 6.81. The summed E-state index contributed by atoms with van der Waals surface area (Å²) in [6.07, 6.45) is 0.0727. The Hall–Kier alpha value is -2.07. The van der Waals surface area contributed by atoms with E-state index in [1.165, 1.54) is 16.4 Å². The van der Waals surface area contributed by atoms with Crippen molar-refractivity contribution in [1.82, 2.24) is 29.6 Å². The molecule has 9 nitrogen and oxygen atoms in total. The van der Waals surface area contributed by atoms with Crippen LogP contribution in [0.3, 0.4) is 0 Å². The molecule has 0 radical (unpaired) electrons. The van der Waals surface area contributed by atoms with Gasteiger partial charge in [-0.25, -0.2) is 9.36 Å². The molecule has 10 heteroatoms. The van der Waals surface area contributed by atoms with Gasteiger partial charge in [0.05, 0.1) is 24.2 Å². The number of nitrogen functional groups attached to an aromatic ring is 1. The van der Waals surface area contributed by atoms with Crippen molar-refractivity contribution >= 4 is 17.7 Å². The van der Waals surface area contributed by atoms with Gasteiger partial charge in [-0.1, -0.05) is 11.8 Å². The summed E-state index contributed by atoms with van der Waals surface area (Å²) in [4.78, 5) is 14.1. The zero-order chi connectivity index (χ0) is 17.3. The van der Waals surface area contributed by atoms with Gasteiger partial charge in [-0.05, 0) is 26.8 Å². The number of carbonyl (C=O) groups excluding carboxylic acids is 1. The molecule has 1 amide bonds. The third kappa shape index (κ3) is 3.39. The van der Waals surface area contributed by atoms with Crippen LogP contribution >= 0.6 is 11.8 Å². The van der Waals surface area contributed by atoms with Gasteiger partial charge in [-0.2, -0.15) is 5.10 Å². The van der Waals surface area contributed by atoms with Crippen LogP contribution in [-0.4, -0.2) is 67.0 Å². The number of amides is 1. The average Bonchev–Trinajstić information content (AvgIpc) is 3.06. The summed E-state index contributed by atoms with van der Waals surface area (Å²) >= 11 is 1.27. The van der Waals surface area contributed by atoms with Crippen molar-refractivity contribution in [3.63, 3.8) is 0 Å². The Bertz CT molecular complexity index is 742. The molecule has 1 aliphatic rings. The van der Waals surface area contributed by atoms with Gasteiger partial charge in [-0.15, -0.1) is 10.2 Å². The first-order valence-corrected chi connectivity index (χ1v) is 8.70. The third-order valence-electron chi connectivity index (χ3n) is 3.76. The van der Waals surface area contributed by atoms with E-state index >= 15 is 0 Å². The summed E-state index contributed by atoms with van der Waals surface area (Å²) in [6, 6.07) is 1.94. The van der Waals surface area contributed by atoms with E-state index in [1.807, 2.05) is 26.8 Å². The number of nitrogens with zero attached hydrogens (tertiary/aromatic N) is 6. The number of hydrogen-bond acceptors (Lipinski definition) is 7. The first-order chi connectivity index (χ1) is 11.5. The van der Waals surface area contributed by atoms with Gasteiger partial charge in [0.2, 0.25) is 11.1 Å². The Morgan fingerprint density at radius 2 is 2.25 bits per heavy atom. The van der Waals surface area contributed by atoms with Crippen molar-refractivity contribution in [2.75, 3.05) is 31.3 Å². The fourth-order valence-electron chi connectivity index (χ4n) is 2.61. The van der Waals surface area contributed by atoms with E-state index in [2.05, 4.69) is 15.3 Å². The molecule has 1 saturated heterocycles. The lowest BCUT2D eigenvalue weighted by Gasteiger charge is -2.31. The number of rotatable bonds is 4. The Morgan fingerprint density at radius 3 is 2.92 bits per heavy atom. The Balaban J connectivity index is 1.66. The van der Waals surface area contributed by atoms with Crippen LogP contribution in [0.1, 0.15) is 18.3 Å². The highest BCUT2D eigenvalue weighted by molar-refractivity contribution is 7.99. The van der Waals surface area contributed by atoms with Crippen LogP contribution < -0.4 is 5.84 Å². The predicted octanol–water partition coefficient (Wildman–Crippen LogP) is 0.134. The van der Waals surface area contributed by atoms with E-state index in [4.69, 9.17) is 10.6 Å². The van der Waals surface area contributed by atoms with Crippen molar-refractivity contribution in [3.8, 4) is 5.95 Å². The average molecular weight is 351 g/mol. The molecule has 3 rings (SSSR count). The van der Waals surface area contributed by atoms with Gasteiger partial charge < -0.3 is 15.5 Å². The van der Waals surface area contributed by atoms with Crippen molar-refractivity contribution < 1.29 is 9.53 Å². The topological polar surface area (TPSA) is 104 Å². The molecular formula is C14H21N7O2S. The normalized spacial score (nSPS) is 18.1. The smallest absolute Gasteiger partial charge is 0.271 e. The largest absolute Gasteiger partial charge is 0.375 e. The van der Waals surface area contributed by atoms with Gasteiger partial charge in [0, 0.05) is 18.8 Å². The molecule has 0 bridgehead atoms. The summed E-state index contributed by atoms with van der Waals surface area (Å²) in [5, 5.41) is 13.0. The summed E-state index contributed by atoms with van der Waals surface area (Å²) < 4.78 is 8.45. The zero-order valence-electron chi connectivity index (χ0n) is 14.0. The minimum atomic E-state index is 0.0471. The van der Waals surface area contributed by atoms with Crippen molar-refractivity contribution in [2.24, 2.45) is 0 Å². The molecule has 1 aliphatic heterocycles.